The maximum atomic E-state index is 12.4. The molecule has 24 heavy (non-hydrogen) atoms. The Morgan fingerprint density at radius 2 is 2.12 bits per heavy atom. The Kier molecular flexibility index (Phi) is 4.05. The summed E-state index contributed by atoms with van der Waals surface area (Å²) in [5.74, 6) is 0.567. The lowest BCUT2D eigenvalue weighted by atomic mass is 9.77. The van der Waals surface area contributed by atoms with Gasteiger partial charge in [-0.25, -0.2) is 0 Å². The maximum Gasteiger partial charge on any atom is 0.223 e. The summed E-state index contributed by atoms with van der Waals surface area (Å²) in [7, 11) is 0. The summed E-state index contributed by atoms with van der Waals surface area (Å²) in [6.45, 7) is 5.06. The number of carbonyl (C=O) groups excluding carboxylic acids is 2. The average Bonchev–Trinajstić information content (AvgIpc) is 3.05. The zero-order chi connectivity index (χ0) is 16.7. The van der Waals surface area contributed by atoms with Crippen molar-refractivity contribution in [1.29, 1.82) is 0 Å². The Hall–Kier alpha value is -1.52. The molecular formula is C19H29N3O2. The molecule has 2 unspecified atom stereocenters. The Bertz CT molecular complexity index is 563. The highest BCUT2D eigenvalue weighted by atomic mass is 16.2. The third-order valence-corrected chi connectivity index (χ3v) is 6.55. The summed E-state index contributed by atoms with van der Waals surface area (Å²) in [6.07, 6.45) is 10.2. The molecule has 0 aromatic carbocycles. The van der Waals surface area contributed by atoms with Crippen molar-refractivity contribution >= 4 is 11.8 Å². The fourth-order valence-corrected chi connectivity index (χ4v) is 5.15. The van der Waals surface area contributed by atoms with E-state index in [9.17, 15) is 9.59 Å². The number of carbonyl (C=O) groups is 2. The van der Waals surface area contributed by atoms with Gasteiger partial charge in [-0.1, -0.05) is 6.92 Å². The number of piperidine rings is 1. The Morgan fingerprint density at radius 3 is 2.75 bits per heavy atom. The first-order valence-corrected chi connectivity index (χ1v) is 9.64. The molecule has 3 fully saturated rings. The van der Waals surface area contributed by atoms with Gasteiger partial charge in [0.05, 0.1) is 6.04 Å². The normalized spacial score (nSPS) is 31.4. The molecule has 2 atom stereocenters. The summed E-state index contributed by atoms with van der Waals surface area (Å²) in [6, 6.07) is 0.739. The molecule has 0 radical (unpaired) electrons. The van der Waals surface area contributed by atoms with E-state index in [1.165, 1.54) is 5.70 Å². The molecule has 1 N–H and O–H groups in total. The van der Waals surface area contributed by atoms with Crippen LogP contribution in [0.25, 0.3) is 0 Å². The van der Waals surface area contributed by atoms with Crippen LogP contribution in [0.5, 0.6) is 0 Å². The molecule has 4 heterocycles. The number of nitrogens with zero attached hydrogens (tertiary/aromatic N) is 2. The first kappa shape index (κ1) is 16.0. The Balaban J connectivity index is 1.41. The maximum absolute atomic E-state index is 12.4. The standard InChI is InChI=1S/C19H29N3O2/c1-2-3-18(24)22-14-4-5-15(22)11-16(10-14)21-8-6-19(7-9-21)12-17(23)20-13-19/h10,14-15H,2-9,11-13H2,1H3,(H,20,23). The van der Waals surface area contributed by atoms with Gasteiger partial charge in [-0.2, -0.15) is 0 Å². The first-order valence-electron chi connectivity index (χ1n) is 9.64. The second-order valence-electron chi connectivity index (χ2n) is 8.15. The number of hydrogen-bond donors (Lipinski definition) is 1. The van der Waals surface area contributed by atoms with E-state index in [1.54, 1.807) is 0 Å². The smallest absolute Gasteiger partial charge is 0.223 e. The predicted octanol–water partition coefficient (Wildman–Crippen LogP) is 2.04. The van der Waals surface area contributed by atoms with Crippen molar-refractivity contribution in [2.75, 3.05) is 19.6 Å². The van der Waals surface area contributed by atoms with Gasteiger partial charge in [0, 0.05) is 50.6 Å². The third-order valence-electron chi connectivity index (χ3n) is 6.55. The van der Waals surface area contributed by atoms with E-state index >= 15 is 0 Å². The van der Waals surface area contributed by atoms with Gasteiger partial charge < -0.3 is 15.1 Å². The van der Waals surface area contributed by atoms with Crippen LogP contribution in [0.2, 0.25) is 0 Å². The van der Waals surface area contributed by atoms with Crippen molar-refractivity contribution in [1.82, 2.24) is 15.1 Å². The van der Waals surface area contributed by atoms with Gasteiger partial charge in [-0.15, -0.1) is 0 Å². The lowest BCUT2D eigenvalue weighted by Crippen LogP contribution is -2.47. The van der Waals surface area contributed by atoms with Crippen LogP contribution in [0.15, 0.2) is 11.8 Å². The number of rotatable bonds is 3. The molecule has 2 amide bonds. The topological polar surface area (TPSA) is 52.7 Å². The van der Waals surface area contributed by atoms with Crippen LogP contribution in [0.4, 0.5) is 0 Å². The second kappa shape index (κ2) is 6.08. The third kappa shape index (κ3) is 2.72. The summed E-state index contributed by atoms with van der Waals surface area (Å²) in [5.41, 5.74) is 1.67. The highest BCUT2D eigenvalue weighted by Gasteiger charge is 2.43. The van der Waals surface area contributed by atoms with Gasteiger partial charge in [0.25, 0.3) is 0 Å². The van der Waals surface area contributed by atoms with Crippen LogP contribution in [0, 0.1) is 5.41 Å². The van der Waals surface area contributed by atoms with Crippen molar-refractivity contribution in [2.45, 2.75) is 70.4 Å². The zero-order valence-electron chi connectivity index (χ0n) is 14.7. The minimum atomic E-state index is 0.213. The lowest BCUT2D eigenvalue weighted by molar-refractivity contribution is -0.133. The molecule has 4 rings (SSSR count). The highest BCUT2D eigenvalue weighted by Crippen LogP contribution is 2.41. The molecule has 4 aliphatic rings. The van der Waals surface area contributed by atoms with Crippen LogP contribution in [-0.2, 0) is 9.59 Å². The Labute approximate surface area is 144 Å². The van der Waals surface area contributed by atoms with Gasteiger partial charge in [-0.3, -0.25) is 9.59 Å². The number of likely N-dealkylation sites (tertiary alicyclic amines) is 1. The van der Waals surface area contributed by atoms with Gasteiger partial charge in [0.1, 0.15) is 0 Å². The molecule has 0 saturated carbocycles. The van der Waals surface area contributed by atoms with E-state index in [0.717, 1.165) is 58.2 Å². The molecule has 4 aliphatic heterocycles. The number of fused-ring (bicyclic) bond motifs is 2. The van der Waals surface area contributed by atoms with E-state index in [-0.39, 0.29) is 11.3 Å². The predicted molar refractivity (Wildman–Crippen MR) is 92.1 cm³/mol. The van der Waals surface area contributed by atoms with Crippen molar-refractivity contribution < 1.29 is 9.59 Å². The SMILES string of the molecule is CCCC(=O)N1C2C=C(N3CCC4(CC3)CNC(=O)C4)CC1CC2. The van der Waals surface area contributed by atoms with Gasteiger partial charge in [0.2, 0.25) is 11.8 Å². The molecular weight excluding hydrogens is 302 g/mol. The second-order valence-corrected chi connectivity index (χ2v) is 8.15. The highest BCUT2D eigenvalue weighted by molar-refractivity contribution is 5.79. The van der Waals surface area contributed by atoms with Crippen molar-refractivity contribution in [3.63, 3.8) is 0 Å². The lowest BCUT2D eigenvalue weighted by Gasteiger charge is -2.43. The fourth-order valence-electron chi connectivity index (χ4n) is 5.15. The van der Waals surface area contributed by atoms with Crippen molar-refractivity contribution in [3.8, 4) is 0 Å². The summed E-state index contributed by atoms with van der Waals surface area (Å²) in [4.78, 5) is 28.7. The minimum absolute atomic E-state index is 0.213. The van der Waals surface area contributed by atoms with E-state index in [0.29, 0.717) is 30.8 Å². The minimum Gasteiger partial charge on any atom is -0.375 e. The molecule has 5 heteroatoms. The monoisotopic (exact) mass is 331 g/mol. The van der Waals surface area contributed by atoms with Crippen LogP contribution in [0.3, 0.4) is 0 Å². The molecule has 5 nitrogen and oxygen atoms in total. The number of nitrogens with one attached hydrogen (secondary N) is 1. The van der Waals surface area contributed by atoms with Crippen LogP contribution >= 0.6 is 0 Å². The molecule has 3 saturated heterocycles. The van der Waals surface area contributed by atoms with Crippen LogP contribution in [-0.4, -0.2) is 53.3 Å². The summed E-state index contributed by atoms with van der Waals surface area (Å²) in [5, 5.41) is 3.01. The van der Waals surface area contributed by atoms with Crippen molar-refractivity contribution in [3.05, 3.63) is 11.8 Å². The molecule has 0 aromatic rings. The zero-order valence-corrected chi connectivity index (χ0v) is 14.7. The largest absolute Gasteiger partial charge is 0.375 e. The molecule has 0 aromatic heterocycles. The summed E-state index contributed by atoms with van der Waals surface area (Å²) < 4.78 is 0. The van der Waals surface area contributed by atoms with Crippen LogP contribution < -0.4 is 5.32 Å². The van der Waals surface area contributed by atoms with Crippen LogP contribution in [0.1, 0.15) is 58.3 Å². The van der Waals surface area contributed by atoms with Gasteiger partial charge in [-0.05, 0) is 43.6 Å². The molecule has 132 valence electrons. The van der Waals surface area contributed by atoms with E-state index < -0.39 is 0 Å². The Morgan fingerprint density at radius 1 is 1.33 bits per heavy atom. The fraction of sp³-hybridized carbons (Fsp3) is 0.789. The van der Waals surface area contributed by atoms with E-state index in [1.807, 2.05) is 0 Å². The molecule has 2 bridgehead atoms. The van der Waals surface area contributed by atoms with Gasteiger partial charge in [0.15, 0.2) is 0 Å². The average molecular weight is 331 g/mol. The number of hydrogen-bond acceptors (Lipinski definition) is 3. The van der Waals surface area contributed by atoms with Crippen molar-refractivity contribution in [2.24, 2.45) is 5.41 Å². The first-order chi connectivity index (χ1) is 11.6. The van der Waals surface area contributed by atoms with E-state index in [4.69, 9.17) is 0 Å². The van der Waals surface area contributed by atoms with Gasteiger partial charge >= 0.3 is 0 Å². The quantitative estimate of drug-likeness (QED) is 0.861. The summed E-state index contributed by atoms with van der Waals surface area (Å²) >= 11 is 0. The van der Waals surface area contributed by atoms with E-state index in [2.05, 4.69) is 28.1 Å². The molecule has 0 aliphatic carbocycles. The molecule has 1 spiro atoms. The number of amides is 2.